The normalized spacial score (nSPS) is 19.4. The Balaban J connectivity index is 2.16. The molecule has 0 radical (unpaired) electrons. The molecule has 1 aliphatic heterocycles. The van der Waals surface area contributed by atoms with Gasteiger partial charge in [0.05, 0.1) is 16.7 Å². The second kappa shape index (κ2) is 8.21. The van der Waals surface area contributed by atoms with E-state index in [0.717, 1.165) is 6.42 Å². The summed E-state index contributed by atoms with van der Waals surface area (Å²) >= 11 is 17.9. The smallest absolute Gasteiger partial charge is 0.329 e. The molecule has 6 nitrogen and oxygen atoms in total. The highest BCUT2D eigenvalue weighted by atomic mass is 35.5. The number of ether oxygens (including phenoxy) is 1. The number of hydrogen-bond acceptors (Lipinski definition) is 4. The van der Waals surface area contributed by atoms with Crippen LogP contribution in [0.4, 0.5) is 0 Å². The molecule has 0 amide bonds. The third kappa shape index (κ3) is 4.74. The summed E-state index contributed by atoms with van der Waals surface area (Å²) in [6, 6.07) is 2.67. The summed E-state index contributed by atoms with van der Waals surface area (Å²) in [6.45, 7) is 0.336. The van der Waals surface area contributed by atoms with Crippen molar-refractivity contribution in [3.05, 3.63) is 27.2 Å². The maximum atomic E-state index is 12.8. The van der Waals surface area contributed by atoms with Crippen LogP contribution in [0.25, 0.3) is 0 Å². The number of carboxylic acids is 1. The van der Waals surface area contributed by atoms with Crippen LogP contribution in [0.1, 0.15) is 12.8 Å². The first-order valence-corrected chi connectivity index (χ1v) is 9.73. The standard InChI is InChI=1S/C14H16Cl3NO5S/c15-10-4-11(16)14(12(17)5-10)24(21,22)18-3-1-2-9(6-18)7-23-8-13(19)20/h4-5,9H,1-3,6-8H2,(H,19,20). The zero-order chi connectivity index (χ0) is 17.9. The van der Waals surface area contributed by atoms with E-state index in [9.17, 15) is 13.2 Å². The van der Waals surface area contributed by atoms with Gasteiger partial charge >= 0.3 is 5.97 Å². The van der Waals surface area contributed by atoms with E-state index in [1.54, 1.807) is 0 Å². The first kappa shape index (κ1) is 19.8. The second-order valence-electron chi connectivity index (χ2n) is 5.48. The van der Waals surface area contributed by atoms with Crippen molar-refractivity contribution in [3.63, 3.8) is 0 Å². The van der Waals surface area contributed by atoms with Crippen molar-refractivity contribution < 1.29 is 23.1 Å². The maximum absolute atomic E-state index is 12.8. The molecule has 1 fully saturated rings. The molecule has 1 unspecified atom stereocenters. The number of hydrogen-bond donors (Lipinski definition) is 1. The molecule has 1 saturated heterocycles. The van der Waals surface area contributed by atoms with Crippen LogP contribution in [0.2, 0.25) is 15.1 Å². The molecule has 1 aliphatic rings. The molecule has 1 aromatic rings. The topological polar surface area (TPSA) is 83.9 Å². The lowest BCUT2D eigenvalue weighted by Gasteiger charge is -2.32. The van der Waals surface area contributed by atoms with E-state index >= 15 is 0 Å². The van der Waals surface area contributed by atoms with E-state index in [2.05, 4.69) is 0 Å². The molecule has 1 atom stereocenters. The van der Waals surface area contributed by atoms with Crippen LogP contribution in [-0.4, -0.2) is 50.1 Å². The Morgan fingerprint density at radius 3 is 2.50 bits per heavy atom. The summed E-state index contributed by atoms with van der Waals surface area (Å²) in [4.78, 5) is 10.3. The van der Waals surface area contributed by atoms with Crippen LogP contribution >= 0.6 is 34.8 Å². The van der Waals surface area contributed by atoms with Crippen molar-refractivity contribution in [2.45, 2.75) is 17.7 Å². The number of sulfonamides is 1. The zero-order valence-electron chi connectivity index (χ0n) is 12.5. The third-order valence-electron chi connectivity index (χ3n) is 3.62. The lowest BCUT2D eigenvalue weighted by molar-refractivity contribution is -0.142. The highest BCUT2D eigenvalue weighted by Crippen LogP contribution is 2.35. The van der Waals surface area contributed by atoms with Gasteiger partial charge in [-0.1, -0.05) is 34.8 Å². The summed E-state index contributed by atoms with van der Waals surface area (Å²) < 4.78 is 32.1. The molecule has 24 heavy (non-hydrogen) atoms. The van der Waals surface area contributed by atoms with Gasteiger partial charge < -0.3 is 9.84 Å². The molecular weight excluding hydrogens is 401 g/mol. The minimum absolute atomic E-state index is 0.0308. The van der Waals surface area contributed by atoms with Crippen LogP contribution in [0.3, 0.4) is 0 Å². The SMILES string of the molecule is O=C(O)COCC1CCCN(S(=O)(=O)c2c(Cl)cc(Cl)cc2Cl)C1. The van der Waals surface area contributed by atoms with Crippen molar-refractivity contribution in [2.75, 3.05) is 26.3 Å². The Kier molecular flexibility index (Phi) is 6.75. The van der Waals surface area contributed by atoms with Crippen LogP contribution in [-0.2, 0) is 19.6 Å². The molecule has 2 rings (SSSR count). The number of piperidine rings is 1. The molecule has 10 heteroatoms. The van der Waals surface area contributed by atoms with E-state index in [1.165, 1.54) is 16.4 Å². The van der Waals surface area contributed by atoms with Gasteiger partial charge in [0.15, 0.2) is 0 Å². The van der Waals surface area contributed by atoms with Gasteiger partial charge in [-0.05, 0) is 30.9 Å². The molecule has 134 valence electrons. The minimum Gasteiger partial charge on any atom is -0.480 e. The molecule has 0 aromatic heterocycles. The monoisotopic (exact) mass is 415 g/mol. The average Bonchev–Trinajstić information content (AvgIpc) is 2.45. The first-order valence-electron chi connectivity index (χ1n) is 7.16. The minimum atomic E-state index is -3.88. The predicted molar refractivity (Wildman–Crippen MR) is 91.4 cm³/mol. The molecule has 0 spiro atoms. The Morgan fingerprint density at radius 2 is 1.92 bits per heavy atom. The van der Waals surface area contributed by atoms with Crippen molar-refractivity contribution in [1.29, 1.82) is 0 Å². The number of carbonyl (C=O) groups is 1. The summed E-state index contributed by atoms with van der Waals surface area (Å²) in [5.41, 5.74) is 0. The van der Waals surface area contributed by atoms with E-state index < -0.39 is 22.6 Å². The number of nitrogens with zero attached hydrogens (tertiary/aromatic N) is 1. The van der Waals surface area contributed by atoms with Gasteiger partial charge in [0.25, 0.3) is 0 Å². The van der Waals surface area contributed by atoms with Crippen LogP contribution in [0, 0.1) is 5.92 Å². The van der Waals surface area contributed by atoms with Crippen molar-refractivity contribution in [3.8, 4) is 0 Å². The Hall–Kier alpha value is -0.570. The number of carboxylic acid groups (broad SMARTS) is 1. The molecule has 0 aliphatic carbocycles. The van der Waals surface area contributed by atoms with Gasteiger partial charge in [-0.3, -0.25) is 0 Å². The van der Waals surface area contributed by atoms with E-state index in [4.69, 9.17) is 44.6 Å². The maximum Gasteiger partial charge on any atom is 0.329 e. The summed E-state index contributed by atoms with van der Waals surface area (Å²) in [5, 5.41) is 8.78. The van der Waals surface area contributed by atoms with Crippen molar-refractivity contribution >= 4 is 50.8 Å². The quantitative estimate of drug-likeness (QED) is 0.770. The number of aliphatic carboxylic acids is 1. The van der Waals surface area contributed by atoms with Crippen LogP contribution < -0.4 is 0 Å². The van der Waals surface area contributed by atoms with E-state index in [0.29, 0.717) is 13.0 Å². The zero-order valence-corrected chi connectivity index (χ0v) is 15.6. The largest absolute Gasteiger partial charge is 0.480 e. The van der Waals surface area contributed by atoms with Gasteiger partial charge in [-0.25, -0.2) is 13.2 Å². The molecular formula is C14H16Cl3NO5S. The van der Waals surface area contributed by atoms with Crippen LogP contribution in [0.15, 0.2) is 17.0 Å². The fourth-order valence-corrected chi connectivity index (χ4v) is 5.65. The number of halogens is 3. The summed E-state index contributed by atoms with van der Waals surface area (Å²) in [7, 11) is -3.88. The third-order valence-corrected chi connectivity index (χ3v) is 6.63. The average molecular weight is 417 g/mol. The molecule has 0 bridgehead atoms. The van der Waals surface area contributed by atoms with Crippen LogP contribution in [0.5, 0.6) is 0 Å². The van der Waals surface area contributed by atoms with Gasteiger partial charge in [0.2, 0.25) is 10.0 Å². The molecule has 1 N–H and O–H groups in total. The lowest BCUT2D eigenvalue weighted by Crippen LogP contribution is -2.41. The highest BCUT2D eigenvalue weighted by molar-refractivity contribution is 7.89. The highest BCUT2D eigenvalue weighted by Gasteiger charge is 2.33. The molecule has 1 heterocycles. The van der Waals surface area contributed by atoms with Crippen molar-refractivity contribution in [2.24, 2.45) is 5.92 Å². The number of rotatable bonds is 6. The fraction of sp³-hybridized carbons (Fsp3) is 0.500. The fourth-order valence-electron chi connectivity index (χ4n) is 2.60. The lowest BCUT2D eigenvalue weighted by atomic mass is 10.0. The Labute approximate surface area is 155 Å². The van der Waals surface area contributed by atoms with Gasteiger partial charge in [-0.15, -0.1) is 0 Å². The first-order chi connectivity index (χ1) is 11.2. The van der Waals surface area contributed by atoms with Gasteiger partial charge in [0.1, 0.15) is 11.5 Å². The van der Waals surface area contributed by atoms with Gasteiger partial charge in [0, 0.05) is 18.1 Å². The number of benzene rings is 1. The summed E-state index contributed by atoms with van der Waals surface area (Å²) in [5.74, 6) is -1.15. The predicted octanol–water partition coefficient (Wildman–Crippen LogP) is 3.15. The Bertz CT molecular complexity index is 702. The van der Waals surface area contributed by atoms with Crippen molar-refractivity contribution in [1.82, 2.24) is 4.31 Å². The molecule has 1 aromatic carbocycles. The Morgan fingerprint density at radius 1 is 1.29 bits per heavy atom. The van der Waals surface area contributed by atoms with E-state index in [-0.39, 0.29) is 39.0 Å². The van der Waals surface area contributed by atoms with Gasteiger partial charge in [-0.2, -0.15) is 4.31 Å². The van der Waals surface area contributed by atoms with E-state index in [1.807, 2.05) is 0 Å². The molecule has 0 saturated carbocycles. The second-order valence-corrected chi connectivity index (χ2v) is 8.60. The summed E-state index contributed by atoms with van der Waals surface area (Å²) in [6.07, 6.45) is 1.40.